The van der Waals surface area contributed by atoms with Crippen LogP contribution < -0.4 is 9.64 Å². The second kappa shape index (κ2) is 8.24. The maximum atomic E-state index is 13.7. The van der Waals surface area contributed by atoms with Gasteiger partial charge in [0.25, 0.3) is 5.91 Å². The molecule has 0 saturated carbocycles. The summed E-state index contributed by atoms with van der Waals surface area (Å²) >= 11 is 1.25. The van der Waals surface area contributed by atoms with Crippen LogP contribution in [0.4, 0.5) is 5.69 Å². The Hall–Kier alpha value is -3.45. The second-order valence-corrected chi connectivity index (χ2v) is 9.11. The highest BCUT2D eigenvalue weighted by Gasteiger charge is 2.46. The molecule has 0 fully saturated rings. The normalized spacial score (nSPS) is 16.1. The van der Waals surface area contributed by atoms with Gasteiger partial charge in [-0.2, -0.15) is 0 Å². The van der Waals surface area contributed by atoms with Crippen molar-refractivity contribution in [2.24, 2.45) is 0 Å². The van der Waals surface area contributed by atoms with E-state index in [2.05, 4.69) is 4.98 Å². The number of ether oxygens (including phenoxy) is 1. The summed E-state index contributed by atoms with van der Waals surface area (Å²) in [6.07, 6.45) is 0. The first-order chi connectivity index (χ1) is 15.2. The number of para-hydroxylation sites is 1. The van der Waals surface area contributed by atoms with E-state index in [0.717, 1.165) is 16.1 Å². The van der Waals surface area contributed by atoms with Gasteiger partial charge in [0.05, 0.1) is 34.3 Å². The summed E-state index contributed by atoms with van der Waals surface area (Å²) < 4.78 is 5.56. The standard InChI is InChI=1S/C25H24N2O4S/c1-13-10-14(2)12-17(11-13)27-21(18-8-6-7-9-19(18)31-5)20(23(29)25(27)30)22(28)24-15(3)26-16(4)32-24/h6-12,21,29H,1-5H3. The van der Waals surface area contributed by atoms with Crippen molar-refractivity contribution in [2.45, 2.75) is 33.7 Å². The third kappa shape index (κ3) is 3.58. The summed E-state index contributed by atoms with van der Waals surface area (Å²) in [4.78, 5) is 33.3. The number of anilines is 1. The monoisotopic (exact) mass is 448 g/mol. The fraction of sp³-hybridized carbons (Fsp3) is 0.240. The van der Waals surface area contributed by atoms with Gasteiger partial charge in [-0.25, -0.2) is 4.98 Å². The molecule has 2 heterocycles. The third-order valence-electron chi connectivity index (χ3n) is 5.48. The molecule has 0 aliphatic carbocycles. The number of aryl methyl sites for hydroxylation is 4. The van der Waals surface area contributed by atoms with E-state index in [-0.39, 0.29) is 5.57 Å². The summed E-state index contributed by atoms with van der Waals surface area (Å²) in [5, 5.41) is 11.7. The minimum Gasteiger partial charge on any atom is -0.503 e. The Morgan fingerprint density at radius 2 is 1.75 bits per heavy atom. The summed E-state index contributed by atoms with van der Waals surface area (Å²) in [5.41, 5.74) is 3.78. The highest BCUT2D eigenvalue weighted by atomic mass is 32.1. The zero-order chi connectivity index (χ0) is 23.2. The number of amides is 1. The van der Waals surface area contributed by atoms with Gasteiger partial charge in [-0.3, -0.25) is 14.5 Å². The number of thiazole rings is 1. The van der Waals surface area contributed by atoms with Crippen molar-refractivity contribution in [1.29, 1.82) is 0 Å². The molecule has 1 atom stereocenters. The number of carbonyl (C=O) groups is 2. The zero-order valence-electron chi connectivity index (χ0n) is 18.6. The Morgan fingerprint density at radius 3 is 2.34 bits per heavy atom. The number of benzene rings is 2. The van der Waals surface area contributed by atoms with Crippen LogP contribution >= 0.6 is 11.3 Å². The molecule has 3 aromatic rings. The number of aliphatic hydroxyl groups is 1. The van der Waals surface area contributed by atoms with Crippen LogP contribution in [0.2, 0.25) is 0 Å². The minimum absolute atomic E-state index is 0.0328. The maximum Gasteiger partial charge on any atom is 0.294 e. The molecule has 1 amide bonds. The molecule has 4 rings (SSSR count). The summed E-state index contributed by atoms with van der Waals surface area (Å²) in [7, 11) is 1.54. The number of carbonyl (C=O) groups excluding carboxylic acids is 2. The van der Waals surface area contributed by atoms with Gasteiger partial charge in [-0.1, -0.05) is 24.3 Å². The molecule has 0 spiro atoms. The minimum atomic E-state index is -0.839. The number of aromatic nitrogens is 1. The molecule has 1 N–H and O–H groups in total. The smallest absolute Gasteiger partial charge is 0.294 e. The van der Waals surface area contributed by atoms with Crippen LogP contribution in [-0.2, 0) is 4.79 Å². The lowest BCUT2D eigenvalue weighted by Gasteiger charge is -2.28. The molecular formula is C25H24N2O4S. The predicted octanol–water partition coefficient (Wildman–Crippen LogP) is 5.17. The molecule has 7 heteroatoms. The summed E-state index contributed by atoms with van der Waals surface area (Å²) in [6.45, 7) is 7.46. The van der Waals surface area contributed by atoms with Gasteiger partial charge in [-0.15, -0.1) is 11.3 Å². The van der Waals surface area contributed by atoms with Crippen LogP contribution in [0.25, 0.3) is 0 Å². The molecule has 6 nitrogen and oxygen atoms in total. The number of hydrogen-bond donors (Lipinski definition) is 1. The predicted molar refractivity (Wildman–Crippen MR) is 125 cm³/mol. The van der Waals surface area contributed by atoms with E-state index < -0.39 is 23.5 Å². The van der Waals surface area contributed by atoms with E-state index in [9.17, 15) is 14.7 Å². The highest BCUT2D eigenvalue weighted by Crippen LogP contribution is 2.45. The maximum absolute atomic E-state index is 13.7. The number of aliphatic hydroxyl groups excluding tert-OH is 1. The van der Waals surface area contributed by atoms with E-state index in [4.69, 9.17) is 4.74 Å². The lowest BCUT2D eigenvalue weighted by Crippen LogP contribution is -2.31. The first-order valence-electron chi connectivity index (χ1n) is 10.2. The highest BCUT2D eigenvalue weighted by molar-refractivity contribution is 7.14. The van der Waals surface area contributed by atoms with Crippen molar-refractivity contribution >= 4 is 28.7 Å². The fourth-order valence-electron chi connectivity index (χ4n) is 4.24. The Morgan fingerprint density at radius 1 is 1.09 bits per heavy atom. The van der Waals surface area contributed by atoms with E-state index in [1.165, 1.54) is 16.2 Å². The van der Waals surface area contributed by atoms with Crippen molar-refractivity contribution in [2.75, 3.05) is 12.0 Å². The average Bonchev–Trinajstić information content (AvgIpc) is 3.22. The molecule has 164 valence electrons. The molecule has 0 bridgehead atoms. The van der Waals surface area contributed by atoms with E-state index in [1.807, 2.05) is 57.2 Å². The molecule has 1 aliphatic heterocycles. The Labute approximate surface area is 190 Å². The van der Waals surface area contributed by atoms with Crippen molar-refractivity contribution in [3.8, 4) is 5.75 Å². The molecule has 0 saturated heterocycles. The SMILES string of the molecule is COc1ccccc1C1C(C(=O)c2sc(C)nc2C)=C(O)C(=O)N1c1cc(C)cc(C)c1. The van der Waals surface area contributed by atoms with Gasteiger partial charge in [0.15, 0.2) is 5.76 Å². The molecular weight excluding hydrogens is 424 g/mol. The van der Waals surface area contributed by atoms with Gasteiger partial charge in [0.2, 0.25) is 5.78 Å². The van der Waals surface area contributed by atoms with Crippen LogP contribution in [0.1, 0.15) is 43.1 Å². The van der Waals surface area contributed by atoms with Crippen LogP contribution in [0, 0.1) is 27.7 Å². The number of ketones is 1. The van der Waals surface area contributed by atoms with Crippen molar-refractivity contribution in [1.82, 2.24) is 4.98 Å². The third-order valence-corrected chi connectivity index (χ3v) is 6.55. The van der Waals surface area contributed by atoms with Crippen LogP contribution in [-0.4, -0.2) is 28.9 Å². The first kappa shape index (κ1) is 21.8. The van der Waals surface area contributed by atoms with Crippen LogP contribution in [0.3, 0.4) is 0 Å². The number of nitrogens with zero attached hydrogens (tertiary/aromatic N) is 2. The molecule has 1 aliphatic rings. The first-order valence-corrected chi connectivity index (χ1v) is 11.0. The van der Waals surface area contributed by atoms with Gasteiger partial charge in [0.1, 0.15) is 5.75 Å². The van der Waals surface area contributed by atoms with E-state index >= 15 is 0 Å². The van der Waals surface area contributed by atoms with E-state index in [0.29, 0.717) is 27.6 Å². The number of Topliss-reactive ketones (excluding diaryl/α,β-unsaturated/α-hetero) is 1. The summed E-state index contributed by atoms with van der Waals surface area (Å²) in [5.74, 6) is -1.04. The van der Waals surface area contributed by atoms with Gasteiger partial charge in [0, 0.05) is 11.3 Å². The Kier molecular flexibility index (Phi) is 5.60. The largest absolute Gasteiger partial charge is 0.503 e. The van der Waals surface area contributed by atoms with Gasteiger partial charge >= 0.3 is 0 Å². The van der Waals surface area contributed by atoms with Crippen molar-refractivity contribution in [3.63, 3.8) is 0 Å². The zero-order valence-corrected chi connectivity index (χ0v) is 19.4. The lowest BCUT2D eigenvalue weighted by atomic mass is 9.94. The lowest BCUT2D eigenvalue weighted by molar-refractivity contribution is -0.117. The molecule has 2 aromatic carbocycles. The molecule has 1 unspecified atom stereocenters. The van der Waals surface area contributed by atoms with E-state index in [1.54, 1.807) is 20.1 Å². The van der Waals surface area contributed by atoms with Crippen molar-refractivity contribution in [3.05, 3.63) is 86.1 Å². The van der Waals surface area contributed by atoms with Gasteiger partial charge < -0.3 is 9.84 Å². The number of hydrogen-bond acceptors (Lipinski definition) is 6. The fourth-order valence-corrected chi connectivity index (χ4v) is 5.12. The topological polar surface area (TPSA) is 79.7 Å². The van der Waals surface area contributed by atoms with Crippen molar-refractivity contribution < 1.29 is 19.4 Å². The Bertz CT molecular complexity index is 1250. The quantitative estimate of drug-likeness (QED) is 0.545. The molecule has 1 aromatic heterocycles. The Balaban J connectivity index is 1.96. The van der Waals surface area contributed by atoms with Crippen LogP contribution in [0.5, 0.6) is 5.75 Å². The molecule has 0 radical (unpaired) electrons. The summed E-state index contributed by atoms with van der Waals surface area (Å²) in [6, 6.07) is 12.1. The van der Waals surface area contributed by atoms with Crippen LogP contribution in [0.15, 0.2) is 53.8 Å². The second-order valence-electron chi connectivity index (χ2n) is 7.90. The number of rotatable bonds is 5. The number of methoxy groups -OCH3 is 1. The molecule has 32 heavy (non-hydrogen) atoms. The van der Waals surface area contributed by atoms with Gasteiger partial charge in [-0.05, 0) is 57.0 Å². The average molecular weight is 449 g/mol.